The van der Waals surface area contributed by atoms with Crippen LogP contribution in [0.3, 0.4) is 0 Å². The molecule has 5 nitrogen and oxygen atoms in total. The second-order valence-electron chi connectivity index (χ2n) is 9.57. The summed E-state index contributed by atoms with van der Waals surface area (Å²) in [5.41, 5.74) is 3.98. The van der Waals surface area contributed by atoms with Crippen LogP contribution in [0, 0.1) is 0 Å². The van der Waals surface area contributed by atoms with Gasteiger partial charge in [0.25, 0.3) is 5.91 Å². The van der Waals surface area contributed by atoms with E-state index in [0.29, 0.717) is 42.0 Å². The predicted molar refractivity (Wildman–Crippen MR) is 147 cm³/mol. The second kappa shape index (κ2) is 11.9. The maximum absolute atomic E-state index is 13.2. The van der Waals surface area contributed by atoms with Crippen molar-refractivity contribution in [3.8, 4) is 11.1 Å². The van der Waals surface area contributed by atoms with Gasteiger partial charge in [-0.1, -0.05) is 66.7 Å². The summed E-state index contributed by atoms with van der Waals surface area (Å²) in [6, 6.07) is 26.1. The predicted octanol–water partition coefficient (Wildman–Crippen LogP) is 6.60. The van der Waals surface area contributed by atoms with E-state index in [4.69, 9.17) is 4.74 Å². The Balaban J connectivity index is 1.28. The van der Waals surface area contributed by atoms with Crippen molar-refractivity contribution >= 4 is 17.4 Å². The number of fused-ring (bicyclic) bond motifs is 1. The van der Waals surface area contributed by atoms with Gasteiger partial charge in [-0.3, -0.25) is 9.59 Å². The van der Waals surface area contributed by atoms with Gasteiger partial charge < -0.3 is 15.4 Å². The third kappa shape index (κ3) is 6.30. The third-order valence-corrected chi connectivity index (χ3v) is 6.83. The van der Waals surface area contributed by atoms with Gasteiger partial charge in [-0.25, -0.2) is 0 Å². The van der Waals surface area contributed by atoms with E-state index in [1.54, 1.807) is 30.3 Å². The zero-order valence-corrected chi connectivity index (χ0v) is 21.5. The third-order valence-electron chi connectivity index (χ3n) is 6.83. The molecule has 0 bridgehead atoms. The summed E-state index contributed by atoms with van der Waals surface area (Å²) in [5.74, 6) is -0.453. The van der Waals surface area contributed by atoms with E-state index < -0.39 is 17.8 Å². The second-order valence-corrected chi connectivity index (χ2v) is 9.57. The number of hydrogen-bond donors (Lipinski definition) is 2. The first-order valence-corrected chi connectivity index (χ1v) is 12.9. The van der Waals surface area contributed by atoms with Crippen LogP contribution in [0.2, 0.25) is 0 Å². The Morgan fingerprint density at radius 3 is 2.38 bits per heavy atom. The van der Waals surface area contributed by atoms with Crippen LogP contribution in [-0.2, 0) is 28.7 Å². The summed E-state index contributed by atoms with van der Waals surface area (Å²) in [7, 11) is 0. The van der Waals surface area contributed by atoms with Crippen LogP contribution in [0.4, 0.5) is 18.9 Å². The Hall–Kier alpha value is -4.27. The van der Waals surface area contributed by atoms with Gasteiger partial charge in [0, 0.05) is 17.8 Å². The van der Waals surface area contributed by atoms with Crippen LogP contribution in [0.25, 0.3) is 11.1 Å². The quantitative estimate of drug-likeness (QED) is 0.262. The Morgan fingerprint density at radius 1 is 0.900 bits per heavy atom. The number of ether oxygens (including phenoxy) is 1. The topological polar surface area (TPSA) is 67.4 Å². The molecule has 0 spiro atoms. The smallest absolute Gasteiger partial charge is 0.369 e. The van der Waals surface area contributed by atoms with E-state index in [9.17, 15) is 22.8 Å². The molecular weight excluding hydrogens is 517 g/mol. The van der Waals surface area contributed by atoms with Gasteiger partial charge in [-0.05, 0) is 64.6 Å². The zero-order chi connectivity index (χ0) is 28.1. The van der Waals surface area contributed by atoms with Gasteiger partial charge in [0.1, 0.15) is 6.61 Å². The monoisotopic (exact) mass is 544 g/mol. The maximum Gasteiger partial charge on any atom is 0.416 e. The van der Waals surface area contributed by atoms with Crippen molar-refractivity contribution in [2.45, 2.75) is 25.2 Å². The molecule has 1 unspecified atom stereocenters. The van der Waals surface area contributed by atoms with E-state index in [0.717, 1.165) is 28.8 Å². The number of alkyl halides is 3. The van der Waals surface area contributed by atoms with Gasteiger partial charge >= 0.3 is 6.18 Å². The number of rotatable bonds is 8. The largest absolute Gasteiger partial charge is 0.416 e. The van der Waals surface area contributed by atoms with Crippen LogP contribution in [0.15, 0.2) is 97.1 Å². The number of halogens is 3. The highest BCUT2D eigenvalue weighted by Crippen LogP contribution is 2.32. The molecule has 0 saturated heterocycles. The van der Waals surface area contributed by atoms with Crippen LogP contribution in [0.1, 0.15) is 38.7 Å². The molecule has 1 aliphatic rings. The Kier molecular flexibility index (Phi) is 8.09. The number of benzene rings is 4. The zero-order valence-electron chi connectivity index (χ0n) is 21.5. The number of carbonyl (C=O) groups excluding carboxylic acids is 2. The van der Waals surface area contributed by atoms with Crippen molar-refractivity contribution < 1.29 is 27.5 Å². The minimum atomic E-state index is -4.43. The van der Waals surface area contributed by atoms with Crippen LogP contribution in [-0.4, -0.2) is 24.8 Å². The number of hydrogen-bond acceptors (Lipinski definition) is 4. The standard InChI is InChI=1S/C32H27F3N2O3/c33-32(34,35)24-12-10-22(11-13-24)26-8-4-5-9-28(26)31(39)37-25-14-15-27-23(18-25)16-17-36-30(27)29(38)20-40-19-21-6-2-1-3-7-21/h1-15,18,30,36H,16-17,19-20H2,(H,37,39). The molecular formula is C32H27F3N2O3. The minimum absolute atomic E-state index is 0.0226. The molecule has 0 aliphatic carbocycles. The van der Waals surface area contributed by atoms with E-state index in [2.05, 4.69) is 10.6 Å². The van der Waals surface area contributed by atoms with Crippen molar-refractivity contribution in [1.29, 1.82) is 0 Å². The Labute approximate surface area is 230 Å². The Morgan fingerprint density at radius 2 is 1.62 bits per heavy atom. The van der Waals surface area contributed by atoms with Crippen molar-refractivity contribution in [3.63, 3.8) is 0 Å². The SMILES string of the molecule is O=C(Nc1ccc2c(c1)CCNC2C(=O)COCc1ccccc1)c1ccccc1-c1ccc(C(F)(F)F)cc1. The number of anilines is 1. The normalized spacial score (nSPS) is 14.8. The molecule has 0 aromatic heterocycles. The summed E-state index contributed by atoms with van der Waals surface area (Å²) in [6.45, 7) is 0.937. The first-order chi connectivity index (χ1) is 19.3. The van der Waals surface area contributed by atoms with Gasteiger partial charge in [-0.2, -0.15) is 13.2 Å². The lowest BCUT2D eigenvalue weighted by Gasteiger charge is -2.26. The molecule has 1 atom stereocenters. The van der Waals surface area contributed by atoms with Gasteiger partial charge in [0.05, 0.1) is 18.2 Å². The summed E-state index contributed by atoms with van der Waals surface area (Å²) in [4.78, 5) is 26.2. The van der Waals surface area contributed by atoms with E-state index in [1.165, 1.54) is 12.1 Å². The molecule has 0 radical (unpaired) electrons. The number of nitrogens with one attached hydrogen (secondary N) is 2. The lowest BCUT2D eigenvalue weighted by molar-refractivity contribution is -0.137. The van der Waals surface area contributed by atoms with Crippen molar-refractivity contribution in [1.82, 2.24) is 5.32 Å². The first kappa shape index (κ1) is 27.3. The average Bonchev–Trinajstić information content (AvgIpc) is 2.97. The minimum Gasteiger partial charge on any atom is -0.369 e. The number of amides is 1. The number of carbonyl (C=O) groups is 2. The highest BCUT2D eigenvalue weighted by molar-refractivity contribution is 6.08. The fourth-order valence-corrected chi connectivity index (χ4v) is 4.83. The fourth-order valence-electron chi connectivity index (χ4n) is 4.83. The lowest BCUT2D eigenvalue weighted by Crippen LogP contribution is -2.37. The van der Waals surface area contributed by atoms with Gasteiger partial charge in [-0.15, -0.1) is 0 Å². The lowest BCUT2D eigenvalue weighted by atomic mass is 9.91. The summed E-state index contributed by atoms with van der Waals surface area (Å²) < 4.78 is 44.6. The van der Waals surface area contributed by atoms with Gasteiger partial charge in [0.2, 0.25) is 0 Å². The van der Waals surface area contributed by atoms with Crippen LogP contribution < -0.4 is 10.6 Å². The van der Waals surface area contributed by atoms with E-state index in [1.807, 2.05) is 42.5 Å². The molecule has 5 rings (SSSR count). The highest BCUT2D eigenvalue weighted by Gasteiger charge is 2.30. The summed E-state index contributed by atoms with van der Waals surface area (Å²) in [5, 5.41) is 6.16. The fraction of sp³-hybridized carbons (Fsp3) is 0.188. The van der Waals surface area contributed by atoms with Crippen LogP contribution in [0.5, 0.6) is 0 Å². The molecule has 1 amide bonds. The number of ketones is 1. The molecule has 8 heteroatoms. The molecule has 0 fully saturated rings. The molecule has 2 N–H and O–H groups in total. The number of Topliss-reactive ketones (excluding diaryl/α,β-unsaturated/α-hetero) is 1. The van der Waals surface area contributed by atoms with Crippen molar-refractivity contribution in [2.24, 2.45) is 0 Å². The van der Waals surface area contributed by atoms with Crippen molar-refractivity contribution in [2.75, 3.05) is 18.5 Å². The molecule has 1 aliphatic heterocycles. The molecule has 4 aromatic carbocycles. The molecule has 1 heterocycles. The Bertz CT molecular complexity index is 1500. The van der Waals surface area contributed by atoms with E-state index in [-0.39, 0.29) is 18.3 Å². The average molecular weight is 545 g/mol. The summed E-state index contributed by atoms with van der Waals surface area (Å²) >= 11 is 0. The van der Waals surface area contributed by atoms with Crippen LogP contribution >= 0.6 is 0 Å². The highest BCUT2D eigenvalue weighted by atomic mass is 19.4. The first-order valence-electron chi connectivity index (χ1n) is 12.9. The molecule has 40 heavy (non-hydrogen) atoms. The maximum atomic E-state index is 13.2. The van der Waals surface area contributed by atoms with Crippen molar-refractivity contribution in [3.05, 3.63) is 125 Å². The van der Waals surface area contributed by atoms with Gasteiger partial charge in [0.15, 0.2) is 5.78 Å². The molecule has 4 aromatic rings. The van der Waals surface area contributed by atoms with E-state index >= 15 is 0 Å². The summed E-state index contributed by atoms with van der Waals surface area (Å²) in [6.07, 6.45) is -3.74. The molecule has 204 valence electrons. The molecule has 0 saturated carbocycles.